The SMILES string of the molecule is OCCCNCc1cn(Cc2ccc(Cl)cc2)c2ccccc12. The monoisotopic (exact) mass is 328 g/mol. The van der Waals surface area contributed by atoms with Gasteiger partial charge < -0.3 is 15.0 Å². The first-order valence-electron chi connectivity index (χ1n) is 7.90. The highest BCUT2D eigenvalue weighted by atomic mass is 35.5. The number of benzene rings is 2. The van der Waals surface area contributed by atoms with Crippen molar-refractivity contribution < 1.29 is 5.11 Å². The number of hydrogen-bond acceptors (Lipinski definition) is 2. The number of fused-ring (bicyclic) bond motifs is 1. The molecule has 0 aliphatic carbocycles. The molecule has 1 heterocycles. The van der Waals surface area contributed by atoms with Crippen LogP contribution in [0.2, 0.25) is 5.02 Å². The van der Waals surface area contributed by atoms with Crippen LogP contribution in [-0.4, -0.2) is 22.8 Å². The summed E-state index contributed by atoms with van der Waals surface area (Å²) in [5.41, 5.74) is 3.75. The van der Waals surface area contributed by atoms with Crippen LogP contribution < -0.4 is 5.32 Å². The van der Waals surface area contributed by atoms with Gasteiger partial charge in [0.15, 0.2) is 0 Å². The molecule has 0 amide bonds. The normalized spacial score (nSPS) is 11.2. The molecule has 0 fully saturated rings. The lowest BCUT2D eigenvalue weighted by Gasteiger charge is -2.05. The second kappa shape index (κ2) is 7.64. The Morgan fingerprint density at radius 1 is 1.04 bits per heavy atom. The van der Waals surface area contributed by atoms with Crippen molar-refractivity contribution in [2.75, 3.05) is 13.2 Å². The summed E-state index contributed by atoms with van der Waals surface area (Å²) in [4.78, 5) is 0. The van der Waals surface area contributed by atoms with E-state index in [2.05, 4.69) is 52.5 Å². The molecule has 3 nitrogen and oxygen atoms in total. The van der Waals surface area contributed by atoms with Gasteiger partial charge in [0.2, 0.25) is 0 Å². The molecule has 2 N–H and O–H groups in total. The summed E-state index contributed by atoms with van der Waals surface area (Å²) in [6, 6.07) is 16.5. The quantitative estimate of drug-likeness (QED) is 0.647. The standard InChI is InChI=1S/C19H21ClN2O/c20-17-8-6-15(7-9-17)13-22-14-16(12-21-10-3-11-23)18-4-1-2-5-19(18)22/h1-2,4-9,14,21,23H,3,10-13H2. The zero-order chi connectivity index (χ0) is 16.1. The minimum Gasteiger partial charge on any atom is -0.396 e. The fraction of sp³-hybridized carbons (Fsp3) is 0.263. The van der Waals surface area contributed by atoms with Gasteiger partial charge in [-0.05, 0) is 42.3 Å². The Kier molecular flexibility index (Phi) is 5.34. The number of hydrogen-bond donors (Lipinski definition) is 2. The molecule has 0 spiro atoms. The maximum Gasteiger partial charge on any atom is 0.0486 e. The largest absolute Gasteiger partial charge is 0.396 e. The Morgan fingerprint density at radius 3 is 2.61 bits per heavy atom. The van der Waals surface area contributed by atoms with Crippen molar-refractivity contribution in [1.29, 1.82) is 0 Å². The lowest BCUT2D eigenvalue weighted by atomic mass is 10.2. The average Bonchev–Trinajstić information content (AvgIpc) is 2.92. The Balaban J connectivity index is 1.83. The van der Waals surface area contributed by atoms with Crippen molar-refractivity contribution in [3.8, 4) is 0 Å². The van der Waals surface area contributed by atoms with E-state index in [1.165, 1.54) is 22.0 Å². The van der Waals surface area contributed by atoms with Gasteiger partial charge >= 0.3 is 0 Å². The van der Waals surface area contributed by atoms with Crippen molar-refractivity contribution in [3.63, 3.8) is 0 Å². The molecule has 0 bridgehead atoms. The Bertz CT molecular complexity index is 765. The summed E-state index contributed by atoms with van der Waals surface area (Å²) in [6.45, 7) is 2.70. The van der Waals surface area contributed by atoms with Gasteiger partial charge in [0.25, 0.3) is 0 Å². The number of aliphatic hydroxyl groups is 1. The first-order valence-corrected chi connectivity index (χ1v) is 8.28. The molecule has 0 unspecified atom stereocenters. The zero-order valence-corrected chi connectivity index (χ0v) is 13.8. The molecule has 0 radical (unpaired) electrons. The minimum atomic E-state index is 0.228. The molecule has 0 saturated heterocycles. The maximum absolute atomic E-state index is 8.87. The molecule has 23 heavy (non-hydrogen) atoms. The van der Waals surface area contributed by atoms with Gasteiger partial charge in [-0.3, -0.25) is 0 Å². The lowest BCUT2D eigenvalue weighted by molar-refractivity contribution is 0.286. The van der Waals surface area contributed by atoms with E-state index in [1.807, 2.05) is 12.1 Å². The molecule has 120 valence electrons. The van der Waals surface area contributed by atoms with Crippen LogP contribution in [0.3, 0.4) is 0 Å². The van der Waals surface area contributed by atoms with Gasteiger partial charge in [-0.1, -0.05) is 41.9 Å². The summed E-state index contributed by atoms with van der Waals surface area (Å²) < 4.78 is 2.28. The van der Waals surface area contributed by atoms with Crippen LogP contribution in [0.25, 0.3) is 10.9 Å². The van der Waals surface area contributed by atoms with Gasteiger partial charge in [0, 0.05) is 41.8 Å². The number of nitrogens with one attached hydrogen (secondary N) is 1. The van der Waals surface area contributed by atoms with Gasteiger partial charge in [-0.2, -0.15) is 0 Å². The van der Waals surface area contributed by atoms with E-state index in [4.69, 9.17) is 16.7 Å². The highest BCUT2D eigenvalue weighted by molar-refractivity contribution is 6.30. The Morgan fingerprint density at radius 2 is 1.83 bits per heavy atom. The smallest absolute Gasteiger partial charge is 0.0486 e. The van der Waals surface area contributed by atoms with E-state index >= 15 is 0 Å². The summed E-state index contributed by atoms with van der Waals surface area (Å²) in [5.74, 6) is 0. The van der Waals surface area contributed by atoms with Gasteiger partial charge in [0.05, 0.1) is 0 Å². The Hall–Kier alpha value is -1.81. The lowest BCUT2D eigenvalue weighted by Crippen LogP contribution is -2.15. The van der Waals surface area contributed by atoms with E-state index in [9.17, 15) is 0 Å². The number of para-hydroxylation sites is 1. The van der Waals surface area contributed by atoms with Gasteiger partial charge in [-0.25, -0.2) is 0 Å². The van der Waals surface area contributed by atoms with Crippen molar-refractivity contribution in [2.45, 2.75) is 19.5 Å². The molecule has 0 saturated carbocycles. The predicted molar refractivity (Wildman–Crippen MR) is 95.9 cm³/mol. The number of rotatable bonds is 7. The summed E-state index contributed by atoms with van der Waals surface area (Å²) in [6.07, 6.45) is 2.99. The molecular formula is C19H21ClN2O. The third-order valence-electron chi connectivity index (χ3n) is 3.96. The van der Waals surface area contributed by atoms with Crippen LogP contribution in [-0.2, 0) is 13.1 Å². The summed E-state index contributed by atoms with van der Waals surface area (Å²) >= 11 is 5.96. The maximum atomic E-state index is 8.87. The van der Waals surface area contributed by atoms with E-state index in [-0.39, 0.29) is 6.61 Å². The first-order chi connectivity index (χ1) is 11.3. The van der Waals surface area contributed by atoms with E-state index in [0.29, 0.717) is 0 Å². The first kappa shape index (κ1) is 16.1. The zero-order valence-electron chi connectivity index (χ0n) is 13.0. The fourth-order valence-corrected chi connectivity index (χ4v) is 2.93. The van der Waals surface area contributed by atoms with Crippen LogP contribution in [0.1, 0.15) is 17.5 Å². The molecule has 2 aromatic carbocycles. The summed E-state index contributed by atoms with van der Waals surface area (Å²) in [7, 11) is 0. The van der Waals surface area contributed by atoms with Crippen molar-refractivity contribution in [2.24, 2.45) is 0 Å². The summed E-state index contributed by atoms with van der Waals surface area (Å²) in [5, 5.41) is 14.3. The molecule has 0 atom stereocenters. The Labute approximate surface area is 141 Å². The van der Waals surface area contributed by atoms with Crippen molar-refractivity contribution in [1.82, 2.24) is 9.88 Å². The van der Waals surface area contributed by atoms with Crippen LogP contribution in [0.15, 0.2) is 54.7 Å². The molecule has 4 heteroatoms. The second-order valence-corrected chi connectivity index (χ2v) is 6.12. The molecular weight excluding hydrogens is 308 g/mol. The van der Waals surface area contributed by atoms with E-state index < -0.39 is 0 Å². The van der Waals surface area contributed by atoms with Crippen LogP contribution in [0, 0.1) is 0 Å². The number of aromatic nitrogens is 1. The second-order valence-electron chi connectivity index (χ2n) is 5.68. The predicted octanol–water partition coefficient (Wildman–Crippen LogP) is 3.82. The third kappa shape index (κ3) is 3.94. The molecule has 1 aromatic heterocycles. The van der Waals surface area contributed by atoms with Gasteiger partial charge in [-0.15, -0.1) is 0 Å². The number of aliphatic hydroxyl groups excluding tert-OH is 1. The minimum absolute atomic E-state index is 0.228. The molecule has 3 aromatic rings. The van der Waals surface area contributed by atoms with Crippen molar-refractivity contribution in [3.05, 3.63) is 70.9 Å². The van der Waals surface area contributed by atoms with Crippen LogP contribution in [0.5, 0.6) is 0 Å². The number of halogens is 1. The van der Waals surface area contributed by atoms with E-state index in [1.54, 1.807) is 0 Å². The van der Waals surface area contributed by atoms with E-state index in [0.717, 1.165) is 31.1 Å². The molecule has 0 aliphatic rings. The fourth-order valence-electron chi connectivity index (χ4n) is 2.81. The van der Waals surface area contributed by atoms with Crippen LogP contribution >= 0.6 is 11.6 Å². The van der Waals surface area contributed by atoms with Gasteiger partial charge in [0.1, 0.15) is 0 Å². The van der Waals surface area contributed by atoms with Crippen molar-refractivity contribution >= 4 is 22.5 Å². The third-order valence-corrected chi connectivity index (χ3v) is 4.22. The number of nitrogens with zero attached hydrogens (tertiary/aromatic N) is 1. The average molecular weight is 329 g/mol. The highest BCUT2D eigenvalue weighted by Crippen LogP contribution is 2.22. The molecule has 3 rings (SSSR count). The highest BCUT2D eigenvalue weighted by Gasteiger charge is 2.08. The topological polar surface area (TPSA) is 37.2 Å². The molecule has 0 aliphatic heterocycles. The van der Waals surface area contributed by atoms with Crippen LogP contribution in [0.4, 0.5) is 0 Å².